The van der Waals surface area contributed by atoms with Gasteiger partial charge >= 0.3 is 0 Å². The molecule has 112 valence electrons. The van der Waals surface area contributed by atoms with Crippen LogP contribution in [-0.2, 0) is 0 Å². The molecule has 0 aromatic carbocycles. The zero-order valence-corrected chi connectivity index (χ0v) is 12.9. The lowest BCUT2D eigenvalue weighted by Crippen LogP contribution is -2.43. The molecule has 0 spiro atoms. The number of rotatable bonds is 4. The van der Waals surface area contributed by atoms with Crippen LogP contribution in [0.15, 0.2) is 6.20 Å². The minimum absolute atomic E-state index is 0.246. The van der Waals surface area contributed by atoms with Crippen LogP contribution < -0.4 is 10.6 Å². The third-order valence-electron chi connectivity index (χ3n) is 4.55. The molecule has 3 N–H and O–H groups in total. The lowest BCUT2D eigenvalue weighted by atomic mass is 9.79. The molecule has 2 saturated carbocycles. The van der Waals surface area contributed by atoms with Gasteiger partial charge in [0.15, 0.2) is 6.19 Å². The summed E-state index contributed by atoms with van der Waals surface area (Å²) in [5.74, 6) is 1.43. The summed E-state index contributed by atoms with van der Waals surface area (Å²) < 4.78 is 0. The molecule has 2 aliphatic rings. The lowest BCUT2D eigenvalue weighted by Gasteiger charge is -2.34. The van der Waals surface area contributed by atoms with E-state index in [1.54, 1.807) is 11.3 Å². The fraction of sp³-hybridized carbons (Fsp3) is 0.667. The number of hydrogen-bond donors (Lipinski definition) is 3. The van der Waals surface area contributed by atoms with Crippen LogP contribution in [0.5, 0.6) is 0 Å². The predicted octanol–water partition coefficient (Wildman–Crippen LogP) is 3.43. The Labute approximate surface area is 129 Å². The second-order valence-electron chi connectivity index (χ2n) is 6.06. The number of anilines is 1. The maximum absolute atomic E-state index is 8.55. The third-order valence-corrected chi connectivity index (χ3v) is 5.63. The first kappa shape index (κ1) is 14.3. The van der Waals surface area contributed by atoms with Gasteiger partial charge in [0, 0.05) is 17.9 Å². The van der Waals surface area contributed by atoms with Gasteiger partial charge in [-0.05, 0) is 25.7 Å². The fourth-order valence-electron chi connectivity index (χ4n) is 3.18. The highest BCUT2D eigenvalue weighted by Gasteiger charge is 2.32. The number of hydrogen-bond acceptors (Lipinski definition) is 5. The number of nitriles is 1. The molecule has 0 unspecified atom stereocenters. The second-order valence-corrected chi connectivity index (χ2v) is 7.12. The molecule has 1 aromatic rings. The number of nitrogens with zero attached hydrogens (tertiary/aromatic N) is 2. The van der Waals surface area contributed by atoms with E-state index in [2.05, 4.69) is 15.6 Å². The molecule has 0 saturated heterocycles. The Bertz CT molecular complexity index is 535. The molecule has 21 heavy (non-hydrogen) atoms. The quantitative estimate of drug-likeness (QED) is 0.344. The number of aromatic nitrogens is 1. The van der Waals surface area contributed by atoms with Gasteiger partial charge in [0.25, 0.3) is 0 Å². The number of amidine groups is 1. The van der Waals surface area contributed by atoms with Gasteiger partial charge in [0.2, 0.25) is 0 Å². The van der Waals surface area contributed by atoms with Crippen LogP contribution in [0.2, 0.25) is 0 Å². The van der Waals surface area contributed by atoms with Gasteiger partial charge in [-0.15, -0.1) is 11.3 Å². The highest BCUT2D eigenvalue weighted by atomic mass is 32.1. The maximum atomic E-state index is 8.55. The molecule has 0 atom stereocenters. The second kappa shape index (κ2) is 6.44. The first-order valence-corrected chi connectivity index (χ1v) is 8.53. The van der Waals surface area contributed by atoms with Crippen molar-refractivity contribution >= 4 is 22.2 Å². The van der Waals surface area contributed by atoms with Gasteiger partial charge in [0.1, 0.15) is 10.8 Å². The Morgan fingerprint density at radius 2 is 2.10 bits per heavy atom. The summed E-state index contributed by atoms with van der Waals surface area (Å²) in [6.07, 6.45) is 12.1. The summed E-state index contributed by atoms with van der Waals surface area (Å²) in [6.45, 7) is 0. The third kappa shape index (κ3) is 3.35. The van der Waals surface area contributed by atoms with Crippen molar-refractivity contribution in [1.29, 1.82) is 10.7 Å². The van der Waals surface area contributed by atoms with Crippen molar-refractivity contribution in [2.45, 2.75) is 56.9 Å². The van der Waals surface area contributed by atoms with Crippen molar-refractivity contribution in [1.82, 2.24) is 10.3 Å². The van der Waals surface area contributed by atoms with Crippen LogP contribution in [0.3, 0.4) is 0 Å². The molecular formula is C15H21N5S. The van der Waals surface area contributed by atoms with Gasteiger partial charge in [0.05, 0.1) is 11.2 Å². The van der Waals surface area contributed by atoms with Crippen molar-refractivity contribution in [3.63, 3.8) is 0 Å². The Kier molecular flexibility index (Phi) is 4.39. The van der Waals surface area contributed by atoms with Gasteiger partial charge in [-0.25, -0.2) is 4.98 Å². The molecule has 2 fully saturated rings. The zero-order valence-electron chi connectivity index (χ0n) is 12.1. The SMILES string of the molecule is N#CN[C@H]1C[C@H](C(=N)Nc2cnc(C3CCCCC3)s2)C1. The minimum Gasteiger partial charge on any atom is -0.334 e. The average Bonchev–Trinajstić information content (AvgIpc) is 2.91. The predicted molar refractivity (Wildman–Crippen MR) is 84.6 cm³/mol. The fourth-order valence-corrected chi connectivity index (χ4v) is 4.18. The average molecular weight is 303 g/mol. The molecule has 3 rings (SSSR count). The molecule has 1 aromatic heterocycles. The van der Waals surface area contributed by atoms with E-state index in [1.165, 1.54) is 37.1 Å². The van der Waals surface area contributed by atoms with Crippen molar-refractivity contribution in [3.05, 3.63) is 11.2 Å². The highest BCUT2D eigenvalue weighted by molar-refractivity contribution is 7.15. The molecule has 0 aliphatic heterocycles. The van der Waals surface area contributed by atoms with Crippen molar-refractivity contribution in [3.8, 4) is 6.19 Å². The van der Waals surface area contributed by atoms with Gasteiger partial charge in [-0.3, -0.25) is 5.41 Å². The monoisotopic (exact) mass is 303 g/mol. The van der Waals surface area contributed by atoms with E-state index >= 15 is 0 Å². The van der Waals surface area contributed by atoms with Crippen LogP contribution in [0, 0.1) is 22.8 Å². The Morgan fingerprint density at radius 1 is 1.33 bits per heavy atom. The highest BCUT2D eigenvalue weighted by Crippen LogP contribution is 2.36. The smallest absolute Gasteiger partial charge is 0.176 e. The van der Waals surface area contributed by atoms with E-state index in [0.717, 1.165) is 17.8 Å². The Hall–Kier alpha value is -1.61. The normalized spacial score (nSPS) is 25.7. The lowest BCUT2D eigenvalue weighted by molar-refractivity contribution is 0.311. The van der Waals surface area contributed by atoms with Gasteiger partial charge in [-0.2, -0.15) is 5.26 Å². The van der Waals surface area contributed by atoms with E-state index in [1.807, 2.05) is 12.4 Å². The van der Waals surface area contributed by atoms with E-state index in [-0.39, 0.29) is 12.0 Å². The maximum Gasteiger partial charge on any atom is 0.176 e. The van der Waals surface area contributed by atoms with Crippen LogP contribution in [-0.4, -0.2) is 16.9 Å². The molecular weight excluding hydrogens is 282 g/mol. The summed E-state index contributed by atoms with van der Waals surface area (Å²) in [7, 11) is 0. The van der Waals surface area contributed by atoms with Crippen LogP contribution in [0.1, 0.15) is 55.9 Å². The van der Waals surface area contributed by atoms with Crippen LogP contribution in [0.4, 0.5) is 5.00 Å². The van der Waals surface area contributed by atoms with Crippen LogP contribution >= 0.6 is 11.3 Å². The minimum atomic E-state index is 0.246. The summed E-state index contributed by atoms with van der Waals surface area (Å²) >= 11 is 1.70. The summed E-state index contributed by atoms with van der Waals surface area (Å²) in [5.41, 5.74) is 0. The van der Waals surface area contributed by atoms with Crippen molar-refractivity contribution in [2.24, 2.45) is 5.92 Å². The molecule has 5 nitrogen and oxygen atoms in total. The molecule has 2 aliphatic carbocycles. The van der Waals surface area contributed by atoms with Crippen molar-refractivity contribution in [2.75, 3.05) is 5.32 Å². The van der Waals surface area contributed by atoms with E-state index in [9.17, 15) is 0 Å². The van der Waals surface area contributed by atoms with Gasteiger partial charge in [-0.1, -0.05) is 19.3 Å². The molecule has 6 heteroatoms. The molecule has 0 radical (unpaired) electrons. The number of thiazole rings is 1. The van der Waals surface area contributed by atoms with E-state index in [4.69, 9.17) is 10.7 Å². The summed E-state index contributed by atoms with van der Waals surface area (Å²) in [5, 5.41) is 24.8. The molecule has 1 heterocycles. The molecule has 0 bridgehead atoms. The van der Waals surface area contributed by atoms with Crippen molar-refractivity contribution < 1.29 is 0 Å². The van der Waals surface area contributed by atoms with E-state index < -0.39 is 0 Å². The summed E-state index contributed by atoms with van der Waals surface area (Å²) in [4.78, 5) is 4.54. The van der Waals surface area contributed by atoms with Crippen LogP contribution in [0.25, 0.3) is 0 Å². The Balaban J connectivity index is 1.50. The van der Waals surface area contributed by atoms with Gasteiger partial charge < -0.3 is 10.6 Å². The van der Waals surface area contributed by atoms with E-state index in [0.29, 0.717) is 11.8 Å². The molecule has 0 amide bonds. The topological polar surface area (TPSA) is 84.6 Å². The first-order valence-electron chi connectivity index (χ1n) is 7.72. The first-order chi connectivity index (χ1) is 10.3. The zero-order chi connectivity index (χ0) is 14.7. The largest absolute Gasteiger partial charge is 0.334 e. The number of nitrogens with one attached hydrogen (secondary N) is 3. The standard InChI is InChI=1S/C15H21N5S/c16-9-19-12-6-11(7-12)14(17)20-13-8-18-15(21-13)10-4-2-1-3-5-10/h8,10-12,19H,1-7H2,(H2,17,20)/t11-,12-. The Morgan fingerprint density at radius 3 is 2.81 bits per heavy atom. The summed E-state index contributed by atoms with van der Waals surface area (Å²) in [6, 6.07) is 0.251.